The number of nitrogens with two attached hydrogens (primary N) is 1. The van der Waals surface area contributed by atoms with Gasteiger partial charge < -0.3 is 20.5 Å². The molecule has 4 heteroatoms. The van der Waals surface area contributed by atoms with Crippen molar-refractivity contribution in [1.82, 2.24) is 0 Å². The van der Waals surface area contributed by atoms with E-state index in [4.69, 9.17) is 15.2 Å². The summed E-state index contributed by atoms with van der Waals surface area (Å²) in [6.07, 6.45) is 0. The molecular formula is C13H22N2O2. The summed E-state index contributed by atoms with van der Waals surface area (Å²) in [7, 11) is 3.30. The summed E-state index contributed by atoms with van der Waals surface area (Å²) in [4.78, 5) is 0. The van der Waals surface area contributed by atoms with Crippen LogP contribution in [0.4, 0.5) is 5.69 Å². The molecule has 0 spiro atoms. The number of methoxy groups -OCH3 is 2. The van der Waals surface area contributed by atoms with Crippen molar-refractivity contribution in [3.8, 4) is 11.5 Å². The maximum Gasteiger partial charge on any atom is 0.148 e. The van der Waals surface area contributed by atoms with Gasteiger partial charge in [-0.3, -0.25) is 0 Å². The maximum atomic E-state index is 5.94. The van der Waals surface area contributed by atoms with E-state index in [-0.39, 0.29) is 5.54 Å². The van der Waals surface area contributed by atoms with Gasteiger partial charge in [0, 0.05) is 17.6 Å². The Morgan fingerprint density at radius 3 is 2.35 bits per heavy atom. The van der Waals surface area contributed by atoms with Crippen LogP contribution in [0.5, 0.6) is 11.5 Å². The van der Waals surface area contributed by atoms with Crippen molar-refractivity contribution in [2.75, 3.05) is 26.1 Å². The zero-order valence-corrected chi connectivity index (χ0v) is 11.3. The van der Waals surface area contributed by atoms with Gasteiger partial charge in [-0.1, -0.05) is 0 Å². The molecule has 4 nitrogen and oxygen atoms in total. The summed E-state index contributed by atoms with van der Waals surface area (Å²) in [6, 6.07) is 3.86. The Hall–Kier alpha value is -1.42. The quantitative estimate of drug-likeness (QED) is 0.825. The van der Waals surface area contributed by atoms with Crippen LogP contribution in [0.25, 0.3) is 0 Å². The van der Waals surface area contributed by atoms with Gasteiger partial charge in [0.25, 0.3) is 0 Å². The molecule has 0 fully saturated rings. The lowest BCUT2D eigenvalue weighted by Gasteiger charge is -2.22. The molecule has 0 radical (unpaired) electrons. The van der Waals surface area contributed by atoms with E-state index >= 15 is 0 Å². The van der Waals surface area contributed by atoms with Gasteiger partial charge in [0.15, 0.2) is 0 Å². The summed E-state index contributed by atoms with van der Waals surface area (Å²) < 4.78 is 10.7. The Morgan fingerprint density at radius 2 is 1.88 bits per heavy atom. The molecule has 1 aromatic carbocycles. The second kappa shape index (κ2) is 5.27. The monoisotopic (exact) mass is 238 g/mol. The first-order valence-electron chi connectivity index (χ1n) is 5.63. The smallest absolute Gasteiger partial charge is 0.148 e. The van der Waals surface area contributed by atoms with Crippen molar-refractivity contribution in [3.05, 3.63) is 17.7 Å². The first kappa shape index (κ1) is 13.6. The van der Waals surface area contributed by atoms with Crippen LogP contribution in [0.1, 0.15) is 19.4 Å². The summed E-state index contributed by atoms with van der Waals surface area (Å²) in [5, 5.41) is 3.29. The van der Waals surface area contributed by atoms with Crippen LogP contribution in [0, 0.1) is 6.92 Å². The van der Waals surface area contributed by atoms with Crippen LogP contribution in [0.3, 0.4) is 0 Å². The van der Waals surface area contributed by atoms with E-state index in [1.807, 2.05) is 32.9 Å². The topological polar surface area (TPSA) is 56.5 Å². The molecule has 0 atom stereocenters. The Balaban J connectivity index is 2.97. The molecule has 1 rings (SSSR count). The van der Waals surface area contributed by atoms with E-state index in [2.05, 4.69) is 5.32 Å². The van der Waals surface area contributed by atoms with Gasteiger partial charge >= 0.3 is 0 Å². The number of nitrogens with one attached hydrogen (secondary N) is 1. The average Bonchev–Trinajstić information content (AvgIpc) is 2.25. The van der Waals surface area contributed by atoms with E-state index in [0.717, 1.165) is 22.7 Å². The third kappa shape index (κ3) is 3.53. The molecule has 0 saturated heterocycles. The third-order valence-electron chi connectivity index (χ3n) is 2.51. The minimum absolute atomic E-state index is 0.265. The highest BCUT2D eigenvalue weighted by molar-refractivity contribution is 5.64. The van der Waals surface area contributed by atoms with Crippen molar-refractivity contribution in [2.24, 2.45) is 5.73 Å². The molecule has 0 aromatic heterocycles. The van der Waals surface area contributed by atoms with Crippen molar-refractivity contribution in [2.45, 2.75) is 26.3 Å². The zero-order chi connectivity index (χ0) is 13.1. The first-order chi connectivity index (χ1) is 7.89. The van der Waals surface area contributed by atoms with E-state index in [9.17, 15) is 0 Å². The van der Waals surface area contributed by atoms with Crippen LogP contribution in [0.2, 0.25) is 0 Å². The van der Waals surface area contributed by atoms with Gasteiger partial charge in [0.2, 0.25) is 0 Å². The Morgan fingerprint density at radius 1 is 1.24 bits per heavy atom. The fraction of sp³-hybridized carbons (Fsp3) is 0.538. The fourth-order valence-electron chi connectivity index (χ4n) is 1.62. The second-order valence-corrected chi connectivity index (χ2v) is 4.82. The van der Waals surface area contributed by atoms with Crippen LogP contribution >= 0.6 is 0 Å². The van der Waals surface area contributed by atoms with Crippen LogP contribution < -0.4 is 20.5 Å². The molecule has 0 aliphatic rings. The van der Waals surface area contributed by atoms with Crippen molar-refractivity contribution < 1.29 is 9.47 Å². The maximum absolute atomic E-state index is 5.94. The van der Waals surface area contributed by atoms with Crippen LogP contribution in [-0.4, -0.2) is 26.3 Å². The van der Waals surface area contributed by atoms with E-state index in [0.29, 0.717) is 6.54 Å². The van der Waals surface area contributed by atoms with Gasteiger partial charge in [-0.05, 0) is 32.9 Å². The summed E-state index contributed by atoms with van der Waals surface area (Å²) in [5.41, 5.74) is 7.59. The van der Waals surface area contributed by atoms with Crippen molar-refractivity contribution >= 4 is 5.69 Å². The minimum atomic E-state index is -0.265. The molecule has 3 N–H and O–H groups in total. The molecule has 0 aliphatic carbocycles. The summed E-state index contributed by atoms with van der Waals surface area (Å²) in [5.74, 6) is 1.62. The van der Waals surface area contributed by atoms with E-state index in [1.54, 1.807) is 14.2 Å². The van der Waals surface area contributed by atoms with Gasteiger partial charge in [0.05, 0.1) is 19.9 Å². The molecular weight excluding hydrogens is 216 g/mol. The molecule has 0 heterocycles. The normalized spacial score (nSPS) is 11.2. The lowest BCUT2D eigenvalue weighted by Crippen LogP contribution is -2.39. The van der Waals surface area contributed by atoms with Gasteiger partial charge in [-0.25, -0.2) is 0 Å². The highest BCUT2D eigenvalue weighted by Crippen LogP contribution is 2.34. The Kier molecular flexibility index (Phi) is 4.23. The molecule has 0 unspecified atom stereocenters. The minimum Gasteiger partial charge on any atom is -0.496 e. The number of hydrogen-bond donors (Lipinski definition) is 2. The molecule has 96 valence electrons. The molecule has 0 amide bonds. The number of ether oxygens (including phenoxy) is 2. The zero-order valence-electron chi connectivity index (χ0n) is 11.3. The standard InChI is InChI=1S/C13H22N2O2/c1-9-11(16-4)7-6-10(12(9)17-5)15-8-13(2,3)14/h6-7,15H,8,14H2,1-5H3. The SMILES string of the molecule is COc1ccc(NCC(C)(C)N)c(OC)c1C. The molecule has 0 bridgehead atoms. The van der Waals surface area contributed by atoms with Crippen LogP contribution in [-0.2, 0) is 0 Å². The number of anilines is 1. The van der Waals surface area contributed by atoms with Gasteiger partial charge in [-0.2, -0.15) is 0 Å². The molecule has 0 aliphatic heterocycles. The highest BCUT2D eigenvalue weighted by atomic mass is 16.5. The lowest BCUT2D eigenvalue weighted by atomic mass is 10.1. The predicted octanol–water partition coefficient (Wildman–Crippen LogP) is 2.16. The predicted molar refractivity (Wildman–Crippen MR) is 71.0 cm³/mol. The highest BCUT2D eigenvalue weighted by Gasteiger charge is 2.14. The molecule has 0 saturated carbocycles. The number of hydrogen-bond acceptors (Lipinski definition) is 4. The van der Waals surface area contributed by atoms with E-state index < -0.39 is 0 Å². The molecule has 1 aromatic rings. The van der Waals surface area contributed by atoms with Crippen molar-refractivity contribution in [1.29, 1.82) is 0 Å². The van der Waals surface area contributed by atoms with E-state index in [1.165, 1.54) is 0 Å². The lowest BCUT2D eigenvalue weighted by molar-refractivity contribution is 0.389. The number of rotatable bonds is 5. The van der Waals surface area contributed by atoms with Gasteiger partial charge in [-0.15, -0.1) is 0 Å². The largest absolute Gasteiger partial charge is 0.496 e. The molecule has 17 heavy (non-hydrogen) atoms. The third-order valence-corrected chi connectivity index (χ3v) is 2.51. The Bertz CT molecular complexity index is 384. The average molecular weight is 238 g/mol. The van der Waals surface area contributed by atoms with Crippen molar-refractivity contribution in [3.63, 3.8) is 0 Å². The summed E-state index contributed by atoms with van der Waals surface area (Å²) in [6.45, 7) is 6.59. The fourth-order valence-corrected chi connectivity index (χ4v) is 1.62. The van der Waals surface area contributed by atoms with Gasteiger partial charge in [0.1, 0.15) is 11.5 Å². The summed E-state index contributed by atoms with van der Waals surface area (Å²) >= 11 is 0. The van der Waals surface area contributed by atoms with Crippen LogP contribution in [0.15, 0.2) is 12.1 Å². The second-order valence-electron chi connectivity index (χ2n) is 4.82. The Labute approximate surface area is 103 Å². The first-order valence-corrected chi connectivity index (χ1v) is 5.63. The number of benzene rings is 1.